The highest BCUT2D eigenvalue weighted by atomic mass is 16.4. The normalized spacial score (nSPS) is 19.3. The summed E-state index contributed by atoms with van der Waals surface area (Å²) >= 11 is 0. The maximum atomic E-state index is 12.1. The average Bonchev–Trinajstić information content (AvgIpc) is 2.46. The first kappa shape index (κ1) is 16.9. The second kappa shape index (κ2) is 8.92. The molecule has 0 aromatic heterocycles. The van der Waals surface area contributed by atoms with E-state index >= 15 is 0 Å². The van der Waals surface area contributed by atoms with Crippen LogP contribution in [-0.4, -0.2) is 36.1 Å². The van der Waals surface area contributed by atoms with Gasteiger partial charge in [0.05, 0.1) is 0 Å². The minimum Gasteiger partial charge on any atom is -0.480 e. The Morgan fingerprint density at radius 2 is 1.85 bits per heavy atom. The summed E-state index contributed by atoms with van der Waals surface area (Å²) in [6.07, 6.45) is 6.02. The van der Waals surface area contributed by atoms with Gasteiger partial charge in [0.25, 0.3) is 0 Å². The Kier molecular flexibility index (Phi) is 7.54. The molecule has 0 radical (unpaired) electrons. The number of carbonyl (C=O) groups is 2. The molecule has 0 bridgehead atoms. The molecule has 20 heavy (non-hydrogen) atoms. The third-order valence-corrected chi connectivity index (χ3v) is 4.07. The fourth-order valence-corrected chi connectivity index (χ4v) is 2.78. The van der Waals surface area contributed by atoms with Crippen LogP contribution in [0.3, 0.4) is 0 Å². The summed E-state index contributed by atoms with van der Waals surface area (Å²) in [6.45, 7) is 0.866. The predicted molar refractivity (Wildman–Crippen MR) is 77.0 cm³/mol. The van der Waals surface area contributed by atoms with Gasteiger partial charge >= 0.3 is 5.97 Å². The quantitative estimate of drug-likeness (QED) is 0.516. The lowest BCUT2D eigenvalue weighted by Crippen LogP contribution is -2.45. The van der Waals surface area contributed by atoms with Crippen molar-refractivity contribution >= 4 is 11.9 Å². The van der Waals surface area contributed by atoms with E-state index in [1.165, 1.54) is 0 Å². The average molecular weight is 285 g/mol. The van der Waals surface area contributed by atoms with Gasteiger partial charge in [-0.15, -0.1) is 0 Å². The van der Waals surface area contributed by atoms with E-state index in [0.717, 1.165) is 32.1 Å². The Balaban J connectivity index is 2.52. The van der Waals surface area contributed by atoms with Crippen LogP contribution < -0.4 is 16.8 Å². The molecule has 1 aliphatic rings. The molecule has 116 valence electrons. The monoisotopic (exact) mass is 285 g/mol. The summed E-state index contributed by atoms with van der Waals surface area (Å²) in [6, 6.07) is -0.857. The summed E-state index contributed by atoms with van der Waals surface area (Å²) in [4.78, 5) is 23.4. The van der Waals surface area contributed by atoms with Gasteiger partial charge in [0, 0.05) is 5.92 Å². The number of amides is 1. The molecule has 6 nitrogen and oxygen atoms in total. The van der Waals surface area contributed by atoms with Crippen molar-refractivity contribution in [2.24, 2.45) is 23.3 Å². The molecule has 0 saturated heterocycles. The van der Waals surface area contributed by atoms with Crippen molar-refractivity contribution in [3.8, 4) is 0 Å². The predicted octanol–water partition coefficient (Wildman–Crippen LogP) is 0.450. The zero-order valence-electron chi connectivity index (χ0n) is 12.0. The van der Waals surface area contributed by atoms with E-state index in [1.807, 2.05) is 0 Å². The first-order valence-corrected chi connectivity index (χ1v) is 7.51. The van der Waals surface area contributed by atoms with Crippen LogP contribution >= 0.6 is 0 Å². The van der Waals surface area contributed by atoms with Crippen molar-refractivity contribution in [2.75, 3.05) is 13.1 Å². The second-order valence-corrected chi connectivity index (χ2v) is 5.65. The van der Waals surface area contributed by atoms with Crippen LogP contribution in [0.5, 0.6) is 0 Å². The Morgan fingerprint density at radius 3 is 2.35 bits per heavy atom. The molecule has 0 aromatic carbocycles. The van der Waals surface area contributed by atoms with Gasteiger partial charge in [-0.2, -0.15) is 0 Å². The molecule has 1 amide bonds. The van der Waals surface area contributed by atoms with E-state index < -0.39 is 12.0 Å². The van der Waals surface area contributed by atoms with Crippen molar-refractivity contribution in [1.29, 1.82) is 0 Å². The van der Waals surface area contributed by atoms with E-state index in [1.54, 1.807) is 0 Å². The highest BCUT2D eigenvalue weighted by Crippen LogP contribution is 2.24. The smallest absolute Gasteiger partial charge is 0.326 e. The van der Waals surface area contributed by atoms with Gasteiger partial charge in [0.15, 0.2) is 0 Å². The molecule has 1 aliphatic carbocycles. The minimum atomic E-state index is -0.996. The van der Waals surface area contributed by atoms with Crippen molar-refractivity contribution in [3.63, 3.8) is 0 Å². The number of rotatable bonds is 8. The molecule has 1 unspecified atom stereocenters. The zero-order valence-corrected chi connectivity index (χ0v) is 12.0. The topological polar surface area (TPSA) is 118 Å². The molecule has 6 heteroatoms. The number of carboxylic acid groups (broad SMARTS) is 1. The zero-order chi connectivity index (χ0) is 15.0. The molecule has 1 rings (SSSR count). The highest BCUT2D eigenvalue weighted by molar-refractivity contribution is 5.85. The molecule has 6 N–H and O–H groups in total. The Labute approximate surface area is 120 Å². The maximum Gasteiger partial charge on any atom is 0.326 e. The Hall–Kier alpha value is -1.14. The van der Waals surface area contributed by atoms with Crippen molar-refractivity contribution in [3.05, 3.63) is 0 Å². The lowest BCUT2D eigenvalue weighted by molar-refractivity contribution is -0.143. The maximum absolute atomic E-state index is 12.1. The fraction of sp³-hybridized carbons (Fsp3) is 0.857. The third kappa shape index (κ3) is 5.46. The van der Waals surface area contributed by atoms with Gasteiger partial charge < -0.3 is 21.9 Å². The number of nitrogens with one attached hydrogen (secondary N) is 1. The van der Waals surface area contributed by atoms with E-state index in [0.29, 0.717) is 25.9 Å². The lowest BCUT2D eigenvalue weighted by Gasteiger charge is -2.25. The second-order valence-electron chi connectivity index (χ2n) is 5.65. The number of hydrogen-bond acceptors (Lipinski definition) is 4. The first-order valence-electron chi connectivity index (χ1n) is 7.51. The molecular formula is C14H27N3O3. The van der Waals surface area contributed by atoms with Gasteiger partial charge in [-0.25, -0.2) is 4.79 Å². The van der Waals surface area contributed by atoms with Crippen molar-refractivity contribution < 1.29 is 14.7 Å². The molecule has 1 fully saturated rings. The van der Waals surface area contributed by atoms with Crippen LogP contribution in [0.2, 0.25) is 0 Å². The molecule has 2 atom stereocenters. The number of nitrogens with two attached hydrogens (primary N) is 2. The van der Waals surface area contributed by atoms with Gasteiger partial charge in [-0.05, 0) is 44.7 Å². The van der Waals surface area contributed by atoms with E-state index in [4.69, 9.17) is 11.5 Å². The van der Waals surface area contributed by atoms with Gasteiger partial charge in [0.1, 0.15) is 6.04 Å². The standard InChI is InChI=1S/C14H27N3O3/c15-7-6-10(9-16)8-12(14(19)20)17-13(18)11-4-2-1-3-5-11/h10-12H,1-9,15-16H2,(H,17,18)(H,19,20)/t10?,12-/m0/s1. The number of hydrogen-bond donors (Lipinski definition) is 4. The van der Waals surface area contributed by atoms with Crippen molar-refractivity contribution in [1.82, 2.24) is 5.32 Å². The fourth-order valence-electron chi connectivity index (χ4n) is 2.78. The minimum absolute atomic E-state index is 0.0311. The van der Waals surface area contributed by atoms with Gasteiger partial charge in [-0.1, -0.05) is 19.3 Å². The number of carbonyl (C=O) groups excluding carboxylic acids is 1. The van der Waals surface area contributed by atoms with Crippen molar-refractivity contribution in [2.45, 2.75) is 51.0 Å². The molecule has 0 aliphatic heterocycles. The molecular weight excluding hydrogens is 258 g/mol. The number of aliphatic carboxylic acids is 1. The van der Waals surface area contributed by atoms with E-state index in [9.17, 15) is 14.7 Å². The first-order chi connectivity index (χ1) is 9.58. The van der Waals surface area contributed by atoms with Gasteiger partial charge in [-0.3, -0.25) is 4.79 Å². The molecule has 0 heterocycles. The highest BCUT2D eigenvalue weighted by Gasteiger charge is 2.27. The molecule has 0 spiro atoms. The van der Waals surface area contributed by atoms with Crippen LogP contribution in [0, 0.1) is 11.8 Å². The van der Waals surface area contributed by atoms with E-state index in [2.05, 4.69) is 5.32 Å². The van der Waals surface area contributed by atoms with Gasteiger partial charge in [0.2, 0.25) is 5.91 Å². The summed E-state index contributed by atoms with van der Waals surface area (Å²) in [5.74, 6) is -1.12. The lowest BCUT2D eigenvalue weighted by atomic mass is 9.88. The van der Waals surface area contributed by atoms with Crippen LogP contribution in [0.25, 0.3) is 0 Å². The summed E-state index contributed by atoms with van der Waals surface area (Å²) in [5, 5.41) is 11.9. The third-order valence-electron chi connectivity index (χ3n) is 4.07. The molecule has 0 aromatic rings. The van der Waals surface area contributed by atoms with Crippen LogP contribution in [0.15, 0.2) is 0 Å². The molecule has 1 saturated carbocycles. The summed E-state index contributed by atoms with van der Waals surface area (Å²) in [7, 11) is 0. The SMILES string of the molecule is NCCC(CN)C[C@H](NC(=O)C1CCCCC1)C(=O)O. The van der Waals surface area contributed by atoms with E-state index in [-0.39, 0.29) is 17.7 Å². The Morgan fingerprint density at radius 1 is 1.20 bits per heavy atom. The van der Waals surface area contributed by atoms with Crippen LogP contribution in [-0.2, 0) is 9.59 Å². The summed E-state index contributed by atoms with van der Waals surface area (Å²) in [5.41, 5.74) is 11.1. The van der Waals surface area contributed by atoms with Crippen LogP contribution in [0.1, 0.15) is 44.9 Å². The largest absolute Gasteiger partial charge is 0.480 e. The Bertz CT molecular complexity index is 317. The van der Waals surface area contributed by atoms with Crippen LogP contribution in [0.4, 0.5) is 0 Å². The number of carboxylic acids is 1. The summed E-state index contributed by atoms with van der Waals surface area (Å²) < 4.78 is 0.